The average Bonchev–Trinajstić information content (AvgIpc) is 2.31. The van der Waals surface area contributed by atoms with Crippen molar-refractivity contribution in [2.24, 2.45) is 0 Å². The number of hydrogen-bond acceptors (Lipinski definition) is 3. The molecule has 2 rings (SSSR count). The third kappa shape index (κ3) is 2.31. The quantitative estimate of drug-likeness (QED) is 0.798. The fraction of sp³-hybridized carbons (Fsp3) is 0.100. The molecule has 0 unspecified atom stereocenters. The number of halogens is 2. The molecule has 4 nitrogen and oxygen atoms in total. The smallest absolute Gasteiger partial charge is 0.269 e. The molecule has 0 amide bonds. The molecule has 82 valence electrons. The van der Waals surface area contributed by atoms with Crippen molar-refractivity contribution < 1.29 is 0 Å². The summed E-state index contributed by atoms with van der Waals surface area (Å²) in [6.45, 7) is 0.449. The Labute approximate surface area is 105 Å². The van der Waals surface area contributed by atoms with E-state index in [1.54, 1.807) is 12.4 Å². The van der Waals surface area contributed by atoms with Gasteiger partial charge in [-0.2, -0.15) is 0 Å². The average molecular weight is 301 g/mol. The predicted octanol–water partition coefficient (Wildman–Crippen LogP) is 2.10. The van der Waals surface area contributed by atoms with Crippen molar-refractivity contribution in [1.29, 1.82) is 0 Å². The Morgan fingerprint density at radius 3 is 2.75 bits per heavy atom. The zero-order chi connectivity index (χ0) is 11.5. The zero-order valence-corrected chi connectivity index (χ0v) is 10.4. The second-order valence-corrected chi connectivity index (χ2v) is 4.29. The highest BCUT2D eigenvalue weighted by Crippen LogP contribution is 2.13. The van der Waals surface area contributed by atoms with Crippen molar-refractivity contribution >= 4 is 27.5 Å². The SMILES string of the molecule is O=c1c(Br)c(Cl)ncn1Cc1ccncc1. The number of pyridine rings is 1. The van der Waals surface area contributed by atoms with Gasteiger partial charge in [0, 0.05) is 12.4 Å². The van der Waals surface area contributed by atoms with Crippen molar-refractivity contribution in [1.82, 2.24) is 14.5 Å². The van der Waals surface area contributed by atoms with Gasteiger partial charge in [0.05, 0.1) is 12.9 Å². The van der Waals surface area contributed by atoms with Gasteiger partial charge in [0.25, 0.3) is 5.56 Å². The van der Waals surface area contributed by atoms with Crippen LogP contribution in [0, 0.1) is 0 Å². The van der Waals surface area contributed by atoms with Gasteiger partial charge in [-0.05, 0) is 33.6 Å². The van der Waals surface area contributed by atoms with Gasteiger partial charge in [0.15, 0.2) is 5.15 Å². The molecule has 2 aromatic heterocycles. The van der Waals surface area contributed by atoms with E-state index in [-0.39, 0.29) is 15.2 Å². The van der Waals surface area contributed by atoms with Crippen LogP contribution in [0.2, 0.25) is 5.15 Å². The molecule has 16 heavy (non-hydrogen) atoms. The third-order valence-electron chi connectivity index (χ3n) is 2.04. The maximum Gasteiger partial charge on any atom is 0.269 e. The molecule has 0 radical (unpaired) electrons. The van der Waals surface area contributed by atoms with Crippen LogP contribution in [0.25, 0.3) is 0 Å². The number of hydrogen-bond donors (Lipinski definition) is 0. The monoisotopic (exact) mass is 299 g/mol. The van der Waals surface area contributed by atoms with E-state index >= 15 is 0 Å². The standard InChI is InChI=1S/C10H7BrClN3O/c11-8-9(12)14-6-15(10(8)16)5-7-1-3-13-4-2-7/h1-4,6H,5H2. The third-order valence-corrected chi connectivity index (χ3v) is 3.27. The molecular formula is C10H7BrClN3O. The molecule has 0 saturated heterocycles. The van der Waals surface area contributed by atoms with Gasteiger partial charge in [0.2, 0.25) is 0 Å². The molecule has 0 atom stereocenters. The largest absolute Gasteiger partial charge is 0.294 e. The van der Waals surface area contributed by atoms with Crippen LogP contribution in [0.3, 0.4) is 0 Å². The summed E-state index contributed by atoms with van der Waals surface area (Å²) in [5.41, 5.74) is 0.782. The van der Waals surface area contributed by atoms with Crippen LogP contribution in [0.1, 0.15) is 5.56 Å². The molecular weight excluding hydrogens is 293 g/mol. The van der Waals surface area contributed by atoms with Gasteiger partial charge in [-0.1, -0.05) is 11.6 Å². The Kier molecular flexibility index (Phi) is 3.36. The van der Waals surface area contributed by atoms with Crippen LogP contribution in [0.15, 0.2) is 40.1 Å². The maximum atomic E-state index is 11.8. The van der Waals surface area contributed by atoms with E-state index in [2.05, 4.69) is 25.9 Å². The predicted molar refractivity (Wildman–Crippen MR) is 64.5 cm³/mol. The van der Waals surface area contributed by atoms with Crippen molar-refractivity contribution in [3.63, 3.8) is 0 Å². The van der Waals surface area contributed by atoms with Crippen molar-refractivity contribution in [3.8, 4) is 0 Å². The van der Waals surface area contributed by atoms with E-state index in [9.17, 15) is 4.79 Å². The van der Waals surface area contributed by atoms with Crippen molar-refractivity contribution in [2.75, 3.05) is 0 Å². The Bertz CT molecular complexity index is 556. The minimum absolute atomic E-state index is 0.177. The first kappa shape index (κ1) is 11.3. The summed E-state index contributed by atoms with van der Waals surface area (Å²) in [6, 6.07) is 3.68. The molecule has 0 spiro atoms. The first-order valence-electron chi connectivity index (χ1n) is 4.48. The highest BCUT2D eigenvalue weighted by Gasteiger charge is 2.06. The summed E-state index contributed by atoms with van der Waals surface area (Å²) in [7, 11) is 0. The lowest BCUT2D eigenvalue weighted by Gasteiger charge is -2.05. The Morgan fingerprint density at radius 2 is 2.06 bits per heavy atom. The lowest BCUT2D eigenvalue weighted by atomic mass is 10.3. The lowest BCUT2D eigenvalue weighted by Crippen LogP contribution is -2.21. The van der Waals surface area contributed by atoms with Crippen LogP contribution in [0.5, 0.6) is 0 Å². The molecule has 2 heterocycles. The molecule has 0 fully saturated rings. The lowest BCUT2D eigenvalue weighted by molar-refractivity contribution is 0.730. The van der Waals surface area contributed by atoms with Gasteiger partial charge >= 0.3 is 0 Å². The van der Waals surface area contributed by atoms with E-state index in [4.69, 9.17) is 11.6 Å². The molecule has 0 aliphatic rings. The Balaban J connectivity index is 2.37. The van der Waals surface area contributed by atoms with Crippen LogP contribution < -0.4 is 5.56 Å². The second-order valence-electron chi connectivity index (χ2n) is 3.14. The minimum Gasteiger partial charge on any atom is -0.294 e. The maximum absolute atomic E-state index is 11.8. The first-order chi connectivity index (χ1) is 7.68. The van der Waals surface area contributed by atoms with Gasteiger partial charge in [0.1, 0.15) is 4.47 Å². The normalized spacial score (nSPS) is 10.4. The Morgan fingerprint density at radius 1 is 1.38 bits per heavy atom. The van der Waals surface area contributed by atoms with Crippen LogP contribution in [0.4, 0.5) is 0 Å². The first-order valence-corrected chi connectivity index (χ1v) is 5.65. The summed E-state index contributed by atoms with van der Waals surface area (Å²) >= 11 is 8.81. The van der Waals surface area contributed by atoms with Gasteiger partial charge in [-0.15, -0.1) is 0 Å². The molecule has 0 aromatic carbocycles. The number of rotatable bonds is 2. The minimum atomic E-state index is -0.197. The zero-order valence-electron chi connectivity index (χ0n) is 8.10. The van der Waals surface area contributed by atoms with E-state index in [0.29, 0.717) is 6.54 Å². The summed E-state index contributed by atoms with van der Waals surface area (Å²) in [6.07, 6.45) is 4.79. The summed E-state index contributed by atoms with van der Waals surface area (Å²) < 4.78 is 1.76. The van der Waals surface area contributed by atoms with Crippen LogP contribution >= 0.6 is 27.5 Å². The summed E-state index contributed by atoms with van der Waals surface area (Å²) in [5, 5.41) is 0.177. The molecule has 6 heteroatoms. The van der Waals surface area contributed by atoms with Crippen molar-refractivity contribution in [3.05, 3.63) is 56.4 Å². The number of aromatic nitrogens is 3. The Hall–Kier alpha value is -1.20. The van der Waals surface area contributed by atoms with E-state index in [1.165, 1.54) is 10.9 Å². The molecule has 0 aliphatic heterocycles. The fourth-order valence-corrected chi connectivity index (χ4v) is 1.70. The highest BCUT2D eigenvalue weighted by atomic mass is 79.9. The highest BCUT2D eigenvalue weighted by molar-refractivity contribution is 9.10. The van der Waals surface area contributed by atoms with Crippen LogP contribution in [-0.4, -0.2) is 14.5 Å². The summed E-state index contributed by atoms with van der Waals surface area (Å²) in [5.74, 6) is 0. The topological polar surface area (TPSA) is 47.8 Å². The van der Waals surface area contributed by atoms with Gasteiger partial charge in [-0.25, -0.2) is 4.98 Å². The van der Waals surface area contributed by atoms with E-state index < -0.39 is 0 Å². The molecule has 0 saturated carbocycles. The molecule has 0 bridgehead atoms. The molecule has 0 aliphatic carbocycles. The summed E-state index contributed by atoms with van der Waals surface area (Å²) in [4.78, 5) is 19.6. The van der Waals surface area contributed by atoms with Gasteiger partial charge < -0.3 is 0 Å². The fourth-order valence-electron chi connectivity index (χ4n) is 1.24. The van der Waals surface area contributed by atoms with Crippen molar-refractivity contribution in [2.45, 2.75) is 6.54 Å². The molecule has 0 N–H and O–H groups in total. The number of nitrogens with zero attached hydrogens (tertiary/aromatic N) is 3. The van der Waals surface area contributed by atoms with E-state index in [0.717, 1.165) is 5.56 Å². The molecule has 2 aromatic rings. The van der Waals surface area contributed by atoms with Crippen LogP contribution in [-0.2, 0) is 6.54 Å². The second kappa shape index (κ2) is 4.76. The van der Waals surface area contributed by atoms with Gasteiger partial charge in [-0.3, -0.25) is 14.3 Å². The van der Waals surface area contributed by atoms with E-state index in [1.807, 2.05) is 12.1 Å².